The van der Waals surface area contributed by atoms with Crippen molar-refractivity contribution in [3.8, 4) is 5.75 Å². The van der Waals surface area contributed by atoms with Gasteiger partial charge in [-0.3, -0.25) is 4.79 Å². The highest BCUT2D eigenvalue weighted by Gasteiger charge is 2.12. The van der Waals surface area contributed by atoms with Crippen molar-refractivity contribution in [2.24, 2.45) is 0 Å². The topological polar surface area (TPSA) is 77.2 Å². The number of nitrogens with zero attached hydrogens (tertiary/aromatic N) is 2. The maximum Gasteiger partial charge on any atom is 0.252 e. The number of amides is 1. The van der Waals surface area contributed by atoms with Crippen LogP contribution in [0.2, 0.25) is 0 Å². The Hall–Kier alpha value is -1.89. The van der Waals surface area contributed by atoms with Crippen LogP contribution in [0, 0.1) is 6.92 Å². The molecule has 0 saturated carbocycles. The van der Waals surface area contributed by atoms with Crippen LogP contribution in [0.5, 0.6) is 5.75 Å². The number of nitrogens with one attached hydrogen (secondary N) is 1. The molecule has 0 fully saturated rings. The first kappa shape index (κ1) is 13.5. The van der Waals surface area contributed by atoms with Crippen molar-refractivity contribution >= 4 is 21.8 Å². The number of ether oxygens (including phenoxy) is 1. The first-order valence-electron chi connectivity index (χ1n) is 5.51. The zero-order chi connectivity index (χ0) is 13.8. The minimum atomic E-state index is -0.248. The predicted octanol–water partition coefficient (Wildman–Crippen LogP) is 2.08. The molecule has 0 spiro atoms. The molecule has 19 heavy (non-hydrogen) atoms. The number of carbonyl (C=O) groups excluding carboxylic acids is 1. The van der Waals surface area contributed by atoms with E-state index < -0.39 is 0 Å². The van der Waals surface area contributed by atoms with Crippen LogP contribution >= 0.6 is 15.9 Å². The molecule has 7 heteroatoms. The first-order chi connectivity index (χ1) is 9.10. The van der Waals surface area contributed by atoms with Gasteiger partial charge in [0.15, 0.2) is 5.82 Å². The van der Waals surface area contributed by atoms with Gasteiger partial charge in [0.2, 0.25) is 5.89 Å². The first-order valence-corrected chi connectivity index (χ1v) is 6.30. The maximum absolute atomic E-state index is 12.0. The Bertz CT molecular complexity index is 598. The summed E-state index contributed by atoms with van der Waals surface area (Å²) >= 11 is 3.32. The third-order valence-electron chi connectivity index (χ3n) is 2.39. The second-order valence-electron chi connectivity index (χ2n) is 3.76. The standard InChI is InChI=1S/C12H12BrN3O3/c1-7-15-11(19-16-7)6-14-12(17)9-5-8(18-2)3-4-10(9)13/h3-5H,6H2,1-2H3,(H,14,17). The quantitative estimate of drug-likeness (QED) is 0.931. The van der Waals surface area contributed by atoms with Crippen molar-refractivity contribution in [3.63, 3.8) is 0 Å². The summed E-state index contributed by atoms with van der Waals surface area (Å²) in [7, 11) is 1.55. The molecule has 0 radical (unpaired) electrons. The zero-order valence-corrected chi connectivity index (χ0v) is 12.0. The number of halogens is 1. The Morgan fingerprint density at radius 3 is 2.95 bits per heavy atom. The van der Waals surface area contributed by atoms with Crippen molar-refractivity contribution in [1.82, 2.24) is 15.5 Å². The van der Waals surface area contributed by atoms with E-state index >= 15 is 0 Å². The molecule has 1 heterocycles. The van der Waals surface area contributed by atoms with E-state index in [9.17, 15) is 4.79 Å². The molecule has 0 aliphatic heterocycles. The van der Waals surface area contributed by atoms with Crippen molar-refractivity contribution < 1.29 is 14.1 Å². The number of carbonyl (C=O) groups is 1. The third kappa shape index (κ3) is 3.31. The molecule has 100 valence electrons. The Labute approximate surface area is 118 Å². The van der Waals surface area contributed by atoms with Crippen molar-refractivity contribution in [2.75, 3.05) is 7.11 Å². The summed E-state index contributed by atoms with van der Waals surface area (Å²) in [6.07, 6.45) is 0. The van der Waals surface area contributed by atoms with Crippen LogP contribution in [0.4, 0.5) is 0 Å². The molecule has 0 aliphatic rings. The van der Waals surface area contributed by atoms with Crippen LogP contribution in [-0.2, 0) is 6.54 Å². The van der Waals surface area contributed by atoms with E-state index in [-0.39, 0.29) is 12.5 Å². The molecule has 0 atom stereocenters. The van der Waals surface area contributed by atoms with E-state index in [0.29, 0.717) is 27.5 Å². The van der Waals surface area contributed by atoms with Gasteiger partial charge in [0.25, 0.3) is 5.91 Å². The Kier molecular flexibility index (Phi) is 4.16. The summed E-state index contributed by atoms with van der Waals surface area (Å²) in [5.74, 6) is 1.26. The lowest BCUT2D eigenvalue weighted by Gasteiger charge is -2.07. The molecule has 1 amide bonds. The van der Waals surface area contributed by atoms with E-state index in [1.807, 2.05) is 0 Å². The van der Waals surface area contributed by atoms with Crippen molar-refractivity contribution in [3.05, 3.63) is 40.0 Å². The summed E-state index contributed by atoms with van der Waals surface area (Å²) in [4.78, 5) is 16.0. The largest absolute Gasteiger partial charge is 0.497 e. The van der Waals surface area contributed by atoms with Gasteiger partial charge in [-0.1, -0.05) is 5.16 Å². The summed E-state index contributed by atoms with van der Waals surface area (Å²) in [5.41, 5.74) is 0.482. The van der Waals surface area contributed by atoms with Crippen molar-refractivity contribution in [2.45, 2.75) is 13.5 Å². The fourth-order valence-electron chi connectivity index (χ4n) is 1.47. The van der Waals surface area contributed by atoms with Crippen LogP contribution in [0.15, 0.2) is 27.2 Å². The van der Waals surface area contributed by atoms with Crippen LogP contribution in [0.25, 0.3) is 0 Å². The maximum atomic E-state index is 12.0. The molecular formula is C12H12BrN3O3. The van der Waals surface area contributed by atoms with Crippen molar-refractivity contribution in [1.29, 1.82) is 0 Å². The molecule has 0 unspecified atom stereocenters. The average molecular weight is 326 g/mol. The van der Waals surface area contributed by atoms with Crippen LogP contribution in [-0.4, -0.2) is 23.2 Å². The van der Waals surface area contributed by atoms with Gasteiger partial charge in [0.1, 0.15) is 5.75 Å². The monoisotopic (exact) mass is 325 g/mol. The molecule has 0 saturated heterocycles. The third-order valence-corrected chi connectivity index (χ3v) is 3.08. The Balaban J connectivity index is 2.07. The van der Waals surface area contributed by atoms with Gasteiger partial charge in [0, 0.05) is 4.47 Å². The number of hydrogen-bond donors (Lipinski definition) is 1. The summed E-state index contributed by atoms with van der Waals surface area (Å²) in [6, 6.07) is 5.17. The molecule has 1 N–H and O–H groups in total. The number of benzene rings is 1. The van der Waals surface area contributed by atoms with Crippen LogP contribution in [0.3, 0.4) is 0 Å². The summed E-state index contributed by atoms with van der Waals surface area (Å²) < 4.78 is 10.7. The normalized spacial score (nSPS) is 10.3. The highest BCUT2D eigenvalue weighted by Crippen LogP contribution is 2.22. The van der Waals surface area contributed by atoms with E-state index in [0.717, 1.165) is 0 Å². The smallest absolute Gasteiger partial charge is 0.252 e. The fourth-order valence-corrected chi connectivity index (χ4v) is 1.90. The number of methoxy groups -OCH3 is 1. The highest BCUT2D eigenvalue weighted by atomic mass is 79.9. The number of aromatic nitrogens is 2. The van der Waals surface area contributed by atoms with Gasteiger partial charge in [0.05, 0.1) is 19.2 Å². The molecule has 2 aromatic rings. The fraction of sp³-hybridized carbons (Fsp3) is 0.250. The molecule has 0 aliphatic carbocycles. The lowest BCUT2D eigenvalue weighted by molar-refractivity contribution is 0.0945. The van der Waals surface area contributed by atoms with Crippen LogP contribution in [0.1, 0.15) is 22.1 Å². The zero-order valence-electron chi connectivity index (χ0n) is 10.4. The van der Waals surface area contributed by atoms with E-state index in [1.165, 1.54) is 0 Å². The SMILES string of the molecule is COc1ccc(Br)c(C(=O)NCc2nc(C)no2)c1. The lowest BCUT2D eigenvalue weighted by atomic mass is 10.2. The van der Waals surface area contributed by atoms with Crippen LogP contribution < -0.4 is 10.1 Å². The van der Waals surface area contributed by atoms with Gasteiger partial charge < -0.3 is 14.6 Å². The van der Waals surface area contributed by atoms with E-state index in [2.05, 4.69) is 31.4 Å². The molecule has 1 aromatic carbocycles. The highest BCUT2D eigenvalue weighted by molar-refractivity contribution is 9.10. The predicted molar refractivity (Wildman–Crippen MR) is 70.9 cm³/mol. The van der Waals surface area contributed by atoms with Gasteiger partial charge in [-0.25, -0.2) is 0 Å². The Morgan fingerprint density at radius 2 is 2.32 bits per heavy atom. The number of rotatable bonds is 4. The van der Waals surface area contributed by atoms with Gasteiger partial charge in [-0.15, -0.1) is 0 Å². The molecule has 6 nitrogen and oxygen atoms in total. The number of hydrogen-bond acceptors (Lipinski definition) is 5. The molecule has 2 rings (SSSR count). The van der Waals surface area contributed by atoms with E-state index in [4.69, 9.17) is 9.26 Å². The summed E-state index contributed by atoms with van der Waals surface area (Å²) in [6.45, 7) is 1.90. The minimum Gasteiger partial charge on any atom is -0.497 e. The van der Waals surface area contributed by atoms with Gasteiger partial charge in [-0.2, -0.15) is 4.98 Å². The second kappa shape index (κ2) is 5.83. The number of aryl methyl sites for hydroxylation is 1. The lowest BCUT2D eigenvalue weighted by Crippen LogP contribution is -2.23. The van der Waals surface area contributed by atoms with Gasteiger partial charge in [-0.05, 0) is 41.1 Å². The second-order valence-corrected chi connectivity index (χ2v) is 4.62. The summed E-state index contributed by atoms with van der Waals surface area (Å²) in [5, 5.41) is 6.35. The van der Waals surface area contributed by atoms with Gasteiger partial charge >= 0.3 is 0 Å². The molecule has 1 aromatic heterocycles. The average Bonchev–Trinajstić information content (AvgIpc) is 2.82. The minimum absolute atomic E-state index is 0.184. The molecule has 0 bridgehead atoms. The van der Waals surface area contributed by atoms with E-state index in [1.54, 1.807) is 32.2 Å². The Morgan fingerprint density at radius 1 is 1.53 bits per heavy atom. The molecular weight excluding hydrogens is 314 g/mol.